The lowest BCUT2D eigenvalue weighted by molar-refractivity contribution is 0.0947. The molecule has 0 aliphatic heterocycles. The Balaban J connectivity index is 2.43. The van der Waals surface area contributed by atoms with Crippen LogP contribution in [0.2, 0.25) is 0 Å². The summed E-state index contributed by atoms with van der Waals surface area (Å²) in [7, 11) is 4.02. The molecule has 0 unspecified atom stereocenters. The summed E-state index contributed by atoms with van der Waals surface area (Å²) in [4.78, 5) is 22.2. The molecule has 19 heavy (non-hydrogen) atoms. The van der Waals surface area contributed by atoms with E-state index >= 15 is 0 Å². The van der Waals surface area contributed by atoms with Crippen LogP contribution in [0.25, 0.3) is 0 Å². The lowest BCUT2D eigenvalue weighted by atomic mass is 10.3. The van der Waals surface area contributed by atoms with E-state index in [2.05, 4.69) is 32.4 Å². The standard InChI is InChI=1S/C13H23N5O/c1-4-6-15-12-10-14-9-11(17-12)13(19)16-7-5-8-18(2)3/h9-10H,4-8H2,1-3H3,(H,15,17)(H,16,19). The van der Waals surface area contributed by atoms with Crippen molar-refractivity contribution in [2.75, 3.05) is 39.0 Å². The fourth-order valence-electron chi connectivity index (χ4n) is 1.50. The third kappa shape index (κ3) is 6.15. The van der Waals surface area contributed by atoms with Gasteiger partial charge in [-0.2, -0.15) is 0 Å². The molecule has 6 heteroatoms. The van der Waals surface area contributed by atoms with Crippen molar-refractivity contribution in [3.05, 3.63) is 18.1 Å². The van der Waals surface area contributed by atoms with E-state index in [0.29, 0.717) is 18.1 Å². The van der Waals surface area contributed by atoms with E-state index in [4.69, 9.17) is 0 Å². The minimum atomic E-state index is -0.175. The van der Waals surface area contributed by atoms with E-state index < -0.39 is 0 Å². The van der Waals surface area contributed by atoms with Gasteiger partial charge in [-0.1, -0.05) is 6.92 Å². The average Bonchev–Trinajstić information content (AvgIpc) is 2.41. The van der Waals surface area contributed by atoms with Crippen LogP contribution in [0.3, 0.4) is 0 Å². The number of nitrogens with zero attached hydrogens (tertiary/aromatic N) is 3. The second-order valence-electron chi connectivity index (χ2n) is 4.63. The Morgan fingerprint density at radius 2 is 2.11 bits per heavy atom. The Hall–Kier alpha value is -1.69. The largest absolute Gasteiger partial charge is 0.369 e. The van der Waals surface area contributed by atoms with E-state index in [0.717, 1.165) is 25.9 Å². The lowest BCUT2D eigenvalue weighted by Crippen LogP contribution is -2.28. The molecular formula is C13H23N5O. The Labute approximate surface area is 114 Å². The van der Waals surface area contributed by atoms with Gasteiger partial charge < -0.3 is 15.5 Å². The van der Waals surface area contributed by atoms with Crippen molar-refractivity contribution in [1.29, 1.82) is 0 Å². The Kier molecular flexibility index (Phi) is 6.81. The maximum atomic E-state index is 11.9. The average molecular weight is 265 g/mol. The van der Waals surface area contributed by atoms with Crippen LogP contribution in [0.15, 0.2) is 12.4 Å². The van der Waals surface area contributed by atoms with Crippen molar-refractivity contribution >= 4 is 11.7 Å². The third-order valence-corrected chi connectivity index (χ3v) is 2.49. The van der Waals surface area contributed by atoms with E-state index in [1.54, 1.807) is 6.20 Å². The van der Waals surface area contributed by atoms with Gasteiger partial charge in [0.1, 0.15) is 11.5 Å². The highest BCUT2D eigenvalue weighted by atomic mass is 16.1. The second kappa shape index (κ2) is 8.42. The Morgan fingerprint density at radius 3 is 2.79 bits per heavy atom. The van der Waals surface area contributed by atoms with E-state index in [-0.39, 0.29) is 5.91 Å². The molecule has 1 aromatic heterocycles. The van der Waals surface area contributed by atoms with Gasteiger partial charge in [0.15, 0.2) is 0 Å². The normalized spacial score (nSPS) is 10.5. The topological polar surface area (TPSA) is 70.2 Å². The van der Waals surface area contributed by atoms with Crippen molar-refractivity contribution in [3.63, 3.8) is 0 Å². The molecule has 1 aromatic rings. The molecule has 0 fully saturated rings. The lowest BCUT2D eigenvalue weighted by Gasteiger charge is -2.10. The Morgan fingerprint density at radius 1 is 1.32 bits per heavy atom. The zero-order chi connectivity index (χ0) is 14.1. The van der Waals surface area contributed by atoms with E-state index in [1.807, 2.05) is 14.1 Å². The maximum absolute atomic E-state index is 11.9. The van der Waals surface area contributed by atoms with Gasteiger partial charge in [-0.3, -0.25) is 9.78 Å². The summed E-state index contributed by atoms with van der Waals surface area (Å²) >= 11 is 0. The van der Waals surface area contributed by atoms with Crippen LogP contribution in [0.4, 0.5) is 5.82 Å². The summed E-state index contributed by atoms with van der Waals surface area (Å²) in [5.41, 5.74) is 0.353. The first-order valence-corrected chi connectivity index (χ1v) is 6.62. The van der Waals surface area contributed by atoms with E-state index in [9.17, 15) is 4.79 Å². The zero-order valence-corrected chi connectivity index (χ0v) is 11.9. The third-order valence-electron chi connectivity index (χ3n) is 2.49. The quantitative estimate of drug-likeness (QED) is 0.686. The van der Waals surface area contributed by atoms with Gasteiger partial charge in [0, 0.05) is 13.1 Å². The van der Waals surface area contributed by atoms with Crippen molar-refractivity contribution < 1.29 is 4.79 Å². The summed E-state index contributed by atoms with van der Waals surface area (Å²) < 4.78 is 0. The summed E-state index contributed by atoms with van der Waals surface area (Å²) in [6.45, 7) is 4.49. The molecular weight excluding hydrogens is 242 g/mol. The molecule has 0 saturated carbocycles. The molecule has 2 N–H and O–H groups in total. The van der Waals surface area contributed by atoms with Crippen LogP contribution in [0.1, 0.15) is 30.3 Å². The summed E-state index contributed by atoms with van der Waals surface area (Å²) in [5.74, 6) is 0.467. The van der Waals surface area contributed by atoms with Crippen LogP contribution < -0.4 is 10.6 Å². The van der Waals surface area contributed by atoms with Crippen molar-refractivity contribution in [2.24, 2.45) is 0 Å². The fraction of sp³-hybridized carbons (Fsp3) is 0.615. The highest BCUT2D eigenvalue weighted by molar-refractivity contribution is 5.92. The second-order valence-corrected chi connectivity index (χ2v) is 4.63. The van der Waals surface area contributed by atoms with Crippen LogP contribution >= 0.6 is 0 Å². The summed E-state index contributed by atoms with van der Waals surface area (Å²) in [6.07, 6.45) is 5.03. The van der Waals surface area contributed by atoms with Crippen LogP contribution in [0, 0.1) is 0 Å². The highest BCUT2D eigenvalue weighted by Gasteiger charge is 2.07. The first-order chi connectivity index (χ1) is 9.13. The first kappa shape index (κ1) is 15.4. The molecule has 6 nitrogen and oxygen atoms in total. The molecule has 0 radical (unpaired) electrons. The van der Waals surface area contributed by atoms with Gasteiger partial charge >= 0.3 is 0 Å². The predicted octanol–water partition coefficient (Wildman–Crippen LogP) is 0.980. The van der Waals surface area contributed by atoms with Gasteiger partial charge in [0.2, 0.25) is 0 Å². The maximum Gasteiger partial charge on any atom is 0.271 e. The summed E-state index contributed by atoms with van der Waals surface area (Å²) in [5, 5.41) is 5.95. The highest BCUT2D eigenvalue weighted by Crippen LogP contribution is 2.02. The monoisotopic (exact) mass is 265 g/mol. The molecule has 0 aromatic carbocycles. The minimum Gasteiger partial charge on any atom is -0.369 e. The number of aromatic nitrogens is 2. The van der Waals surface area contributed by atoms with Crippen molar-refractivity contribution in [2.45, 2.75) is 19.8 Å². The van der Waals surface area contributed by atoms with Gasteiger partial charge in [0.25, 0.3) is 5.91 Å². The number of hydrogen-bond acceptors (Lipinski definition) is 5. The molecule has 1 heterocycles. The molecule has 0 saturated heterocycles. The van der Waals surface area contributed by atoms with Gasteiger partial charge in [-0.15, -0.1) is 0 Å². The molecule has 0 spiro atoms. The Bertz CT molecular complexity index is 394. The van der Waals surface area contributed by atoms with Gasteiger partial charge in [-0.05, 0) is 33.5 Å². The number of carbonyl (C=O) groups excluding carboxylic acids is 1. The number of carbonyl (C=O) groups is 1. The fourth-order valence-corrected chi connectivity index (χ4v) is 1.50. The molecule has 0 aliphatic rings. The molecule has 0 aliphatic carbocycles. The zero-order valence-electron chi connectivity index (χ0n) is 11.9. The molecule has 0 bridgehead atoms. The van der Waals surface area contributed by atoms with Gasteiger partial charge in [-0.25, -0.2) is 4.98 Å². The SMILES string of the molecule is CCCNc1cncc(C(=O)NCCCN(C)C)n1. The molecule has 1 amide bonds. The number of anilines is 1. The number of rotatable bonds is 8. The smallest absolute Gasteiger partial charge is 0.271 e. The van der Waals surface area contributed by atoms with Crippen LogP contribution in [-0.4, -0.2) is 54.5 Å². The summed E-state index contributed by atoms with van der Waals surface area (Å²) in [6, 6.07) is 0. The molecule has 106 valence electrons. The minimum absolute atomic E-state index is 0.175. The number of hydrogen-bond donors (Lipinski definition) is 2. The molecule has 1 rings (SSSR count). The predicted molar refractivity (Wildman–Crippen MR) is 76.3 cm³/mol. The first-order valence-electron chi connectivity index (χ1n) is 6.62. The molecule has 0 atom stereocenters. The van der Waals surface area contributed by atoms with Crippen LogP contribution in [0.5, 0.6) is 0 Å². The van der Waals surface area contributed by atoms with Crippen LogP contribution in [-0.2, 0) is 0 Å². The van der Waals surface area contributed by atoms with Crippen molar-refractivity contribution in [1.82, 2.24) is 20.2 Å². The van der Waals surface area contributed by atoms with E-state index in [1.165, 1.54) is 6.20 Å². The number of nitrogens with one attached hydrogen (secondary N) is 2. The number of amides is 1. The van der Waals surface area contributed by atoms with Gasteiger partial charge in [0.05, 0.1) is 12.4 Å². The van der Waals surface area contributed by atoms with Crippen molar-refractivity contribution in [3.8, 4) is 0 Å².